The van der Waals surface area contributed by atoms with Crippen molar-refractivity contribution in [3.05, 3.63) is 41.9 Å². The van der Waals surface area contributed by atoms with Crippen molar-refractivity contribution >= 4 is 34.3 Å². The molecule has 4 rings (SSSR count). The van der Waals surface area contributed by atoms with Gasteiger partial charge in [-0.1, -0.05) is 28.7 Å². The van der Waals surface area contributed by atoms with E-state index >= 15 is 0 Å². The van der Waals surface area contributed by atoms with Gasteiger partial charge >= 0.3 is 0 Å². The lowest BCUT2D eigenvalue weighted by Crippen LogP contribution is -2.48. The summed E-state index contributed by atoms with van der Waals surface area (Å²) in [6.07, 6.45) is 3.37. The third-order valence-electron chi connectivity index (χ3n) is 4.03. The van der Waals surface area contributed by atoms with Crippen LogP contribution in [0.25, 0.3) is 11.2 Å². The predicted molar refractivity (Wildman–Crippen MR) is 86.3 cm³/mol. The van der Waals surface area contributed by atoms with Crippen LogP contribution in [-0.2, 0) is 0 Å². The van der Waals surface area contributed by atoms with Gasteiger partial charge in [0.05, 0.1) is 30.1 Å². The Balaban J connectivity index is 1.55. The molecule has 0 atom stereocenters. The first kappa shape index (κ1) is 13.3. The summed E-state index contributed by atoms with van der Waals surface area (Å²) in [5.41, 5.74) is 2.80. The van der Waals surface area contributed by atoms with Crippen molar-refractivity contribution in [2.24, 2.45) is 0 Å². The lowest BCUT2D eigenvalue weighted by atomic mass is 10.2. The van der Waals surface area contributed by atoms with Gasteiger partial charge in [-0.25, -0.2) is 9.97 Å². The molecule has 0 spiro atoms. The predicted octanol–water partition coefficient (Wildman–Crippen LogP) is 1.75. The van der Waals surface area contributed by atoms with Crippen LogP contribution < -0.4 is 14.8 Å². The Bertz CT molecular complexity index is 793. The summed E-state index contributed by atoms with van der Waals surface area (Å²) in [5, 5.41) is 0.808. The fourth-order valence-electron chi connectivity index (χ4n) is 2.91. The summed E-state index contributed by atoms with van der Waals surface area (Å²) in [5.74, 6) is 1.04. The number of piperazine rings is 1. The largest absolute Gasteiger partial charge is 0.364 e. The van der Waals surface area contributed by atoms with E-state index in [1.54, 1.807) is 12.7 Å². The highest BCUT2D eigenvalue weighted by Gasteiger charge is 2.25. The van der Waals surface area contributed by atoms with Crippen LogP contribution in [0.5, 0.6) is 0 Å². The van der Waals surface area contributed by atoms with E-state index in [2.05, 4.69) is 35.8 Å². The maximum absolute atomic E-state index is 6.29. The van der Waals surface area contributed by atoms with Crippen LogP contribution in [0.2, 0.25) is 5.02 Å². The maximum Gasteiger partial charge on any atom is 0.260 e. The van der Waals surface area contributed by atoms with Gasteiger partial charge in [-0.2, -0.15) is 0 Å². The summed E-state index contributed by atoms with van der Waals surface area (Å²) < 4.78 is 0. The number of rotatable bonds is 2. The van der Waals surface area contributed by atoms with Crippen LogP contribution in [0.15, 0.2) is 36.9 Å². The summed E-state index contributed by atoms with van der Waals surface area (Å²) in [7, 11) is 0. The third-order valence-corrected chi connectivity index (χ3v) is 4.35. The number of H-pyrrole nitrogens is 2. The number of fused-ring (bicyclic) bond motifs is 1. The van der Waals surface area contributed by atoms with Crippen molar-refractivity contribution in [3.63, 3.8) is 0 Å². The lowest BCUT2D eigenvalue weighted by Gasteiger charge is -2.34. The van der Waals surface area contributed by atoms with Crippen LogP contribution in [0.3, 0.4) is 0 Å². The van der Waals surface area contributed by atoms with Crippen LogP contribution in [0.1, 0.15) is 0 Å². The number of hydrogen-bond donors (Lipinski definition) is 1. The van der Waals surface area contributed by atoms with Gasteiger partial charge in [0.1, 0.15) is 0 Å². The van der Waals surface area contributed by atoms with Gasteiger partial charge in [-0.15, -0.1) is 0 Å². The van der Waals surface area contributed by atoms with Crippen LogP contribution in [0.4, 0.5) is 11.5 Å². The van der Waals surface area contributed by atoms with E-state index in [0.717, 1.165) is 53.9 Å². The Morgan fingerprint density at radius 3 is 2.64 bits per heavy atom. The molecule has 0 bridgehead atoms. The second-order valence-electron chi connectivity index (χ2n) is 5.28. The summed E-state index contributed by atoms with van der Waals surface area (Å²) in [4.78, 5) is 19.5. The van der Waals surface area contributed by atoms with E-state index in [1.165, 1.54) is 0 Å². The van der Waals surface area contributed by atoms with E-state index in [4.69, 9.17) is 11.6 Å². The molecular weight excluding hydrogens is 300 g/mol. The van der Waals surface area contributed by atoms with Gasteiger partial charge < -0.3 is 9.88 Å². The SMILES string of the molecule is Clc1ccccc1N1CCN(c2[nH+]cnc3nc[nH]c23)CC1. The fraction of sp³-hybridized carbons (Fsp3) is 0.267. The highest BCUT2D eigenvalue weighted by atomic mass is 35.5. The smallest absolute Gasteiger partial charge is 0.260 e. The zero-order valence-electron chi connectivity index (χ0n) is 12.0. The molecule has 6 nitrogen and oxygen atoms in total. The first-order chi connectivity index (χ1) is 10.8. The topological polar surface area (TPSA) is 62.2 Å². The Morgan fingerprint density at radius 1 is 1.05 bits per heavy atom. The minimum absolute atomic E-state index is 0.738. The first-order valence-electron chi connectivity index (χ1n) is 7.27. The van der Waals surface area contributed by atoms with E-state index in [1.807, 2.05) is 18.2 Å². The molecule has 1 fully saturated rings. The molecule has 0 amide bonds. The number of aromatic nitrogens is 4. The molecular formula is C15H16ClN6+. The second kappa shape index (κ2) is 5.46. The number of anilines is 2. The number of hydrogen-bond acceptors (Lipinski definition) is 4. The molecule has 112 valence electrons. The van der Waals surface area contributed by atoms with Crippen molar-refractivity contribution in [1.82, 2.24) is 15.0 Å². The molecule has 1 saturated heterocycles. The van der Waals surface area contributed by atoms with Gasteiger partial charge in [0.25, 0.3) is 11.5 Å². The molecule has 7 heteroatoms. The van der Waals surface area contributed by atoms with Gasteiger partial charge in [-0.3, -0.25) is 4.90 Å². The molecule has 1 aliphatic rings. The molecule has 2 aromatic heterocycles. The van der Waals surface area contributed by atoms with Crippen molar-refractivity contribution in [2.75, 3.05) is 36.0 Å². The fourth-order valence-corrected chi connectivity index (χ4v) is 3.17. The molecule has 1 aromatic carbocycles. The molecule has 0 saturated carbocycles. The van der Waals surface area contributed by atoms with Gasteiger partial charge in [-0.05, 0) is 12.1 Å². The standard InChI is InChI=1S/C15H15ClN6/c16-11-3-1-2-4-12(11)21-5-7-22(8-6-21)15-13-14(18-9-17-13)19-10-20-15/h1-4,9-10H,5-8H2,(H,17,18,19,20)/p+1. The molecule has 22 heavy (non-hydrogen) atoms. The average molecular weight is 316 g/mol. The normalized spacial score (nSPS) is 15.5. The number of nitrogens with zero attached hydrogens (tertiary/aromatic N) is 4. The van der Waals surface area contributed by atoms with Crippen molar-refractivity contribution in [1.29, 1.82) is 0 Å². The van der Waals surface area contributed by atoms with E-state index in [9.17, 15) is 0 Å². The third kappa shape index (κ3) is 2.25. The number of aromatic amines is 2. The van der Waals surface area contributed by atoms with Gasteiger partial charge in [0.2, 0.25) is 6.33 Å². The monoisotopic (exact) mass is 315 g/mol. The molecule has 3 aromatic rings. The Morgan fingerprint density at radius 2 is 1.82 bits per heavy atom. The average Bonchev–Trinajstić information content (AvgIpc) is 3.04. The first-order valence-corrected chi connectivity index (χ1v) is 7.65. The number of imidazole rings is 1. The lowest BCUT2D eigenvalue weighted by molar-refractivity contribution is -0.367. The summed E-state index contributed by atoms with van der Waals surface area (Å²) >= 11 is 6.29. The molecule has 2 N–H and O–H groups in total. The molecule has 0 unspecified atom stereocenters. The number of benzene rings is 1. The Labute approximate surface area is 132 Å². The summed E-state index contributed by atoms with van der Waals surface area (Å²) in [6.45, 7) is 3.69. The molecule has 0 aliphatic carbocycles. The van der Waals surface area contributed by atoms with Crippen LogP contribution in [-0.4, -0.2) is 41.1 Å². The zero-order chi connectivity index (χ0) is 14.9. The zero-order valence-corrected chi connectivity index (χ0v) is 12.7. The maximum atomic E-state index is 6.29. The van der Waals surface area contributed by atoms with E-state index in [-0.39, 0.29) is 0 Å². The Hall–Kier alpha value is -2.34. The number of halogens is 1. The quantitative estimate of drug-likeness (QED) is 0.782. The molecule has 1 aliphatic heterocycles. The van der Waals surface area contributed by atoms with E-state index < -0.39 is 0 Å². The van der Waals surface area contributed by atoms with Crippen LogP contribution >= 0.6 is 11.6 Å². The Kier molecular flexibility index (Phi) is 3.31. The van der Waals surface area contributed by atoms with E-state index in [0.29, 0.717) is 0 Å². The van der Waals surface area contributed by atoms with Crippen molar-refractivity contribution in [3.8, 4) is 0 Å². The number of nitrogens with one attached hydrogen (secondary N) is 2. The van der Waals surface area contributed by atoms with Crippen LogP contribution in [0, 0.1) is 0 Å². The van der Waals surface area contributed by atoms with Gasteiger partial charge in [0, 0.05) is 13.1 Å². The highest BCUT2D eigenvalue weighted by Crippen LogP contribution is 2.27. The van der Waals surface area contributed by atoms with Gasteiger partial charge in [0.15, 0.2) is 5.52 Å². The molecule has 3 heterocycles. The molecule has 0 radical (unpaired) electrons. The minimum atomic E-state index is 0.738. The minimum Gasteiger partial charge on any atom is -0.364 e. The summed E-state index contributed by atoms with van der Waals surface area (Å²) in [6, 6.07) is 8.00. The number of para-hydroxylation sites is 1. The highest BCUT2D eigenvalue weighted by molar-refractivity contribution is 6.33. The second-order valence-corrected chi connectivity index (χ2v) is 5.68. The van der Waals surface area contributed by atoms with Crippen molar-refractivity contribution in [2.45, 2.75) is 0 Å². The van der Waals surface area contributed by atoms with Crippen molar-refractivity contribution < 1.29 is 4.98 Å².